The minimum atomic E-state index is -0.534. The number of fused-ring (bicyclic) bond motifs is 1. The molecule has 1 unspecified atom stereocenters. The van der Waals surface area contributed by atoms with Crippen molar-refractivity contribution in [3.05, 3.63) is 65.5 Å². The quantitative estimate of drug-likeness (QED) is 0.624. The molecule has 1 aliphatic rings. The van der Waals surface area contributed by atoms with Crippen molar-refractivity contribution in [2.75, 3.05) is 13.1 Å². The molecule has 1 saturated heterocycles. The number of rotatable bonds is 5. The fraction of sp³-hybridized carbons (Fsp3) is 0.333. The van der Waals surface area contributed by atoms with Crippen molar-refractivity contribution in [3.8, 4) is 0 Å². The normalized spacial score (nSPS) is 15.9. The third-order valence-electron chi connectivity index (χ3n) is 5.91. The number of carbonyl (C=O) groups is 2. The number of nitrogens with one attached hydrogen (secondary N) is 2. The lowest BCUT2D eigenvalue weighted by Crippen LogP contribution is -2.38. The highest BCUT2D eigenvalue weighted by Crippen LogP contribution is 2.28. The summed E-state index contributed by atoms with van der Waals surface area (Å²) in [4.78, 5) is 34.8. The molecule has 30 heavy (non-hydrogen) atoms. The van der Waals surface area contributed by atoms with Gasteiger partial charge in [0.05, 0.1) is 17.0 Å². The molecule has 154 valence electrons. The monoisotopic (exact) mass is 402 g/mol. The van der Waals surface area contributed by atoms with Crippen LogP contribution in [0.25, 0.3) is 11.0 Å². The molecule has 1 aromatic heterocycles. The van der Waals surface area contributed by atoms with Crippen LogP contribution >= 0.6 is 0 Å². The lowest BCUT2D eigenvalue weighted by Gasteiger charge is -2.31. The Balaban J connectivity index is 1.41. The van der Waals surface area contributed by atoms with Crippen LogP contribution in [-0.2, 0) is 4.79 Å². The minimum absolute atomic E-state index is 0.00977. The molecule has 6 nitrogen and oxygen atoms in total. The second kappa shape index (κ2) is 8.22. The summed E-state index contributed by atoms with van der Waals surface area (Å²) in [6.07, 6.45) is 1.76. The van der Waals surface area contributed by atoms with Gasteiger partial charge in [0.1, 0.15) is 11.6 Å². The highest BCUT2D eigenvalue weighted by molar-refractivity contribution is 6.07. The van der Waals surface area contributed by atoms with Crippen molar-refractivity contribution in [1.29, 1.82) is 5.41 Å². The van der Waals surface area contributed by atoms with Gasteiger partial charge in [0.15, 0.2) is 0 Å². The second-order valence-corrected chi connectivity index (χ2v) is 8.05. The number of imidazole rings is 1. The number of carbonyl (C=O) groups excluding carboxylic acids is 2. The van der Waals surface area contributed by atoms with Crippen LogP contribution in [0.2, 0.25) is 0 Å². The van der Waals surface area contributed by atoms with E-state index in [1.165, 1.54) is 6.92 Å². The van der Waals surface area contributed by atoms with Gasteiger partial charge in [-0.25, -0.2) is 4.98 Å². The van der Waals surface area contributed by atoms with Crippen molar-refractivity contribution >= 4 is 28.4 Å². The summed E-state index contributed by atoms with van der Waals surface area (Å²) >= 11 is 0. The molecule has 4 rings (SSSR count). The van der Waals surface area contributed by atoms with Crippen LogP contribution in [-0.4, -0.2) is 45.4 Å². The van der Waals surface area contributed by atoms with Crippen molar-refractivity contribution in [2.24, 2.45) is 0 Å². The van der Waals surface area contributed by atoms with Gasteiger partial charge in [-0.1, -0.05) is 24.3 Å². The Morgan fingerprint density at radius 2 is 1.73 bits per heavy atom. The number of nitrogens with zero attached hydrogens (tertiary/aromatic N) is 2. The van der Waals surface area contributed by atoms with Crippen LogP contribution in [0.3, 0.4) is 0 Å². The van der Waals surface area contributed by atoms with Gasteiger partial charge < -0.3 is 15.3 Å². The highest BCUT2D eigenvalue weighted by Gasteiger charge is 2.27. The summed E-state index contributed by atoms with van der Waals surface area (Å²) < 4.78 is 0. The Hall–Kier alpha value is -3.28. The van der Waals surface area contributed by atoms with E-state index in [2.05, 4.69) is 4.98 Å². The Labute approximate surface area is 175 Å². The molecule has 0 saturated carbocycles. The van der Waals surface area contributed by atoms with Crippen molar-refractivity contribution < 1.29 is 9.59 Å². The molecule has 0 bridgehead atoms. The number of aromatic amines is 1. The van der Waals surface area contributed by atoms with E-state index in [0.29, 0.717) is 30.3 Å². The Morgan fingerprint density at radius 3 is 2.33 bits per heavy atom. The van der Waals surface area contributed by atoms with Gasteiger partial charge in [-0.3, -0.25) is 9.59 Å². The number of piperidine rings is 1. The predicted molar refractivity (Wildman–Crippen MR) is 117 cm³/mol. The molecule has 1 aliphatic heterocycles. The van der Waals surface area contributed by atoms with Crippen LogP contribution in [0.15, 0.2) is 48.5 Å². The standard InChI is InChI=1S/C24H26N4O2/c1-15(25)22(16(2)29)17-7-9-19(10-8-17)24(30)28-13-11-18(12-14-28)23-26-20-5-3-4-6-21(20)27-23/h3-10,18,22,25H,11-14H2,1-2H3,(H,26,27). The van der Waals surface area contributed by atoms with E-state index in [0.717, 1.165) is 35.3 Å². The summed E-state index contributed by atoms with van der Waals surface area (Å²) in [5, 5.41) is 7.84. The number of benzene rings is 2. The van der Waals surface area contributed by atoms with Crippen molar-refractivity contribution in [2.45, 2.75) is 38.5 Å². The number of ketones is 1. The first-order chi connectivity index (χ1) is 14.4. The molecule has 3 aromatic rings. The third-order valence-corrected chi connectivity index (χ3v) is 5.91. The SMILES string of the molecule is CC(=N)C(C(C)=O)c1ccc(C(=O)N2CCC(c3nc4ccccc4[nH]3)CC2)cc1. The molecule has 0 aliphatic carbocycles. The molecule has 1 amide bonds. The van der Waals surface area contributed by atoms with Crippen LogP contribution < -0.4 is 0 Å². The first-order valence-corrected chi connectivity index (χ1v) is 10.3. The third kappa shape index (κ3) is 3.90. The topological polar surface area (TPSA) is 89.9 Å². The maximum absolute atomic E-state index is 12.9. The van der Waals surface area contributed by atoms with Gasteiger partial charge in [-0.15, -0.1) is 0 Å². The Kier molecular flexibility index (Phi) is 5.48. The number of para-hydroxylation sites is 2. The van der Waals surface area contributed by atoms with Gasteiger partial charge in [0.25, 0.3) is 5.91 Å². The zero-order chi connectivity index (χ0) is 21.3. The average Bonchev–Trinajstić information content (AvgIpc) is 3.18. The number of hydrogen-bond donors (Lipinski definition) is 2. The smallest absolute Gasteiger partial charge is 0.253 e. The summed E-state index contributed by atoms with van der Waals surface area (Å²) in [6, 6.07) is 15.1. The van der Waals surface area contributed by atoms with Gasteiger partial charge in [0.2, 0.25) is 0 Å². The second-order valence-electron chi connectivity index (χ2n) is 8.05. The maximum atomic E-state index is 12.9. The minimum Gasteiger partial charge on any atom is -0.342 e. The number of H-pyrrole nitrogens is 1. The zero-order valence-corrected chi connectivity index (χ0v) is 17.3. The molecule has 0 spiro atoms. The largest absolute Gasteiger partial charge is 0.342 e. The fourth-order valence-corrected chi connectivity index (χ4v) is 4.31. The summed E-state index contributed by atoms with van der Waals surface area (Å²) in [7, 11) is 0. The number of amides is 1. The molecule has 2 heterocycles. The van der Waals surface area contributed by atoms with E-state index >= 15 is 0 Å². The van der Waals surface area contributed by atoms with E-state index < -0.39 is 5.92 Å². The van der Waals surface area contributed by atoms with E-state index in [9.17, 15) is 9.59 Å². The van der Waals surface area contributed by atoms with Gasteiger partial charge in [-0.05, 0) is 56.5 Å². The molecular formula is C24H26N4O2. The number of aromatic nitrogens is 2. The van der Waals surface area contributed by atoms with E-state index in [1.807, 2.05) is 29.2 Å². The summed E-state index contributed by atoms with van der Waals surface area (Å²) in [5.74, 6) is 0.749. The first-order valence-electron chi connectivity index (χ1n) is 10.3. The average molecular weight is 402 g/mol. The van der Waals surface area contributed by atoms with Crippen LogP contribution in [0, 0.1) is 5.41 Å². The van der Waals surface area contributed by atoms with Crippen LogP contribution in [0.1, 0.15) is 60.3 Å². The fourth-order valence-electron chi connectivity index (χ4n) is 4.31. The van der Waals surface area contributed by atoms with Crippen LogP contribution in [0.4, 0.5) is 0 Å². The number of likely N-dealkylation sites (tertiary alicyclic amines) is 1. The molecule has 2 aromatic carbocycles. The van der Waals surface area contributed by atoms with E-state index in [4.69, 9.17) is 10.4 Å². The molecule has 2 N–H and O–H groups in total. The molecule has 1 fully saturated rings. The van der Waals surface area contributed by atoms with Crippen molar-refractivity contribution in [1.82, 2.24) is 14.9 Å². The summed E-state index contributed by atoms with van der Waals surface area (Å²) in [6.45, 7) is 4.52. The molecule has 6 heteroatoms. The van der Waals surface area contributed by atoms with Crippen molar-refractivity contribution in [3.63, 3.8) is 0 Å². The Bertz CT molecular complexity index is 1040. The predicted octanol–water partition coefficient (Wildman–Crippen LogP) is 4.29. The Morgan fingerprint density at radius 1 is 1.07 bits per heavy atom. The van der Waals surface area contributed by atoms with Gasteiger partial charge in [0, 0.05) is 30.3 Å². The van der Waals surface area contributed by atoms with Crippen LogP contribution in [0.5, 0.6) is 0 Å². The first kappa shape index (κ1) is 20.0. The van der Waals surface area contributed by atoms with Gasteiger partial charge >= 0.3 is 0 Å². The highest BCUT2D eigenvalue weighted by atomic mass is 16.2. The lowest BCUT2D eigenvalue weighted by atomic mass is 9.90. The lowest BCUT2D eigenvalue weighted by molar-refractivity contribution is -0.117. The molecular weight excluding hydrogens is 376 g/mol. The van der Waals surface area contributed by atoms with Gasteiger partial charge in [-0.2, -0.15) is 0 Å². The molecule has 1 atom stereocenters. The molecule has 0 radical (unpaired) electrons. The van der Waals surface area contributed by atoms with E-state index in [-0.39, 0.29) is 11.7 Å². The number of Topliss-reactive ketones (excluding diaryl/α,β-unsaturated/α-hetero) is 1. The summed E-state index contributed by atoms with van der Waals surface area (Å²) in [5.41, 5.74) is 3.72. The number of hydrogen-bond acceptors (Lipinski definition) is 4. The maximum Gasteiger partial charge on any atom is 0.253 e. The zero-order valence-electron chi connectivity index (χ0n) is 17.3. The van der Waals surface area contributed by atoms with E-state index in [1.54, 1.807) is 31.2 Å².